The van der Waals surface area contributed by atoms with Crippen molar-refractivity contribution in [3.63, 3.8) is 0 Å². The molecule has 0 fully saturated rings. The summed E-state index contributed by atoms with van der Waals surface area (Å²) in [6.45, 7) is 3.93. The summed E-state index contributed by atoms with van der Waals surface area (Å²) in [6, 6.07) is 1.89. The van der Waals surface area contributed by atoms with Crippen LogP contribution in [0.2, 0.25) is 0 Å². The largest absolute Gasteiger partial charge is 0.472 e. The van der Waals surface area contributed by atoms with E-state index in [-0.39, 0.29) is 6.10 Å². The molecule has 5 nitrogen and oxygen atoms in total. The lowest BCUT2D eigenvalue weighted by Crippen LogP contribution is -2.32. The summed E-state index contributed by atoms with van der Waals surface area (Å²) in [5, 5.41) is 12.8. The predicted molar refractivity (Wildman–Crippen MR) is 63.7 cm³/mol. The monoisotopic (exact) mass is 243 g/mol. The van der Waals surface area contributed by atoms with E-state index in [0.717, 1.165) is 5.56 Å². The summed E-state index contributed by atoms with van der Waals surface area (Å²) in [5.41, 5.74) is 1.06. The van der Waals surface area contributed by atoms with Crippen LogP contribution in [-0.2, 0) is 16.0 Å². The second-order valence-electron chi connectivity index (χ2n) is 4.02. The summed E-state index contributed by atoms with van der Waals surface area (Å²) in [6.07, 6.45) is 2.80. The van der Waals surface area contributed by atoms with E-state index < -0.39 is 6.10 Å². The van der Waals surface area contributed by atoms with Gasteiger partial charge in [-0.05, 0) is 13.0 Å². The lowest BCUT2D eigenvalue weighted by Gasteiger charge is -2.16. The van der Waals surface area contributed by atoms with E-state index in [1.165, 1.54) is 0 Å². The number of methoxy groups -OCH3 is 1. The third-order valence-corrected chi connectivity index (χ3v) is 2.26. The van der Waals surface area contributed by atoms with Gasteiger partial charge in [-0.25, -0.2) is 0 Å². The third-order valence-electron chi connectivity index (χ3n) is 2.26. The van der Waals surface area contributed by atoms with Gasteiger partial charge in [0.2, 0.25) is 0 Å². The molecule has 0 aromatic carbocycles. The molecule has 0 radical (unpaired) electrons. The normalized spacial score (nSPS) is 14.8. The zero-order valence-electron chi connectivity index (χ0n) is 10.4. The molecule has 0 spiro atoms. The van der Waals surface area contributed by atoms with Gasteiger partial charge in [0.15, 0.2) is 0 Å². The summed E-state index contributed by atoms with van der Waals surface area (Å²) < 4.78 is 15.3. The van der Waals surface area contributed by atoms with Gasteiger partial charge >= 0.3 is 0 Å². The highest BCUT2D eigenvalue weighted by Gasteiger charge is 2.07. The van der Waals surface area contributed by atoms with Gasteiger partial charge < -0.3 is 24.3 Å². The van der Waals surface area contributed by atoms with Crippen LogP contribution in [0.1, 0.15) is 12.5 Å². The molecule has 0 aliphatic heterocycles. The molecule has 1 rings (SSSR count). The topological polar surface area (TPSA) is 63.9 Å². The van der Waals surface area contributed by atoms with Crippen molar-refractivity contribution in [2.45, 2.75) is 25.7 Å². The summed E-state index contributed by atoms with van der Waals surface area (Å²) >= 11 is 0. The Balaban J connectivity index is 2.03. The van der Waals surface area contributed by atoms with Crippen LogP contribution in [0.3, 0.4) is 0 Å². The van der Waals surface area contributed by atoms with Crippen molar-refractivity contribution in [1.82, 2.24) is 5.32 Å². The predicted octanol–water partition coefficient (Wildman–Crippen LogP) is 0.782. The zero-order chi connectivity index (χ0) is 12.5. The molecule has 0 bridgehead atoms. The van der Waals surface area contributed by atoms with Gasteiger partial charge in [0, 0.05) is 25.8 Å². The lowest BCUT2D eigenvalue weighted by molar-refractivity contribution is -0.0311. The first-order chi connectivity index (χ1) is 8.22. The molecular weight excluding hydrogens is 222 g/mol. The Morgan fingerprint density at radius 1 is 1.47 bits per heavy atom. The van der Waals surface area contributed by atoms with Gasteiger partial charge in [-0.2, -0.15) is 0 Å². The minimum absolute atomic E-state index is 0.00326. The molecule has 5 heteroatoms. The van der Waals surface area contributed by atoms with Crippen LogP contribution in [0.15, 0.2) is 23.0 Å². The van der Waals surface area contributed by atoms with Gasteiger partial charge in [-0.1, -0.05) is 0 Å². The smallest absolute Gasteiger partial charge is 0.0947 e. The highest BCUT2D eigenvalue weighted by atomic mass is 16.5. The maximum Gasteiger partial charge on any atom is 0.0947 e. The minimum Gasteiger partial charge on any atom is -0.472 e. The van der Waals surface area contributed by atoms with Crippen LogP contribution >= 0.6 is 0 Å². The Morgan fingerprint density at radius 3 is 2.94 bits per heavy atom. The maximum absolute atomic E-state index is 9.64. The molecule has 2 unspecified atom stereocenters. The fraction of sp³-hybridized carbons (Fsp3) is 0.667. The van der Waals surface area contributed by atoms with Crippen molar-refractivity contribution in [2.75, 3.05) is 26.9 Å². The Bertz CT molecular complexity index is 276. The second kappa shape index (κ2) is 8.25. The zero-order valence-corrected chi connectivity index (χ0v) is 10.4. The molecule has 0 saturated heterocycles. The van der Waals surface area contributed by atoms with Gasteiger partial charge in [0.1, 0.15) is 0 Å². The molecule has 98 valence electrons. The number of furan rings is 1. The van der Waals surface area contributed by atoms with Crippen LogP contribution in [0.25, 0.3) is 0 Å². The van der Waals surface area contributed by atoms with E-state index in [9.17, 15) is 5.11 Å². The number of hydrogen-bond acceptors (Lipinski definition) is 5. The number of nitrogens with one attached hydrogen (secondary N) is 1. The van der Waals surface area contributed by atoms with E-state index in [2.05, 4.69) is 5.32 Å². The van der Waals surface area contributed by atoms with Crippen LogP contribution in [0.4, 0.5) is 0 Å². The summed E-state index contributed by atoms with van der Waals surface area (Å²) in [5.74, 6) is 0. The molecule has 0 aliphatic carbocycles. The quantitative estimate of drug-likeness (QED) is 0.671. The van der Waals surface area contributed by atoms with Gasteiger partial charge in [0.25, 0.3) is 0 Å². The molecule has 0 aliphatic rings. The first-order valence-electron chi connectivity index (χ1n) is 5.72. The van der Waals surface area contributed by atoms with E-state index >= 15 is 0 Å². The van der Waals surface area contributed by atoms with Crippen LogP contribution in [-0.4, -0.2) is 44.2 Å². The summed E-state index contributed by atoms with van der Waals surface area (Å²) in [4.78, 5) is 0. The van der Waals surface area contributed by atoms with Crippen molar-refractivity contribution >= 4 is 0 Å². The van der Waals surface area contributed by atoms with Crippen molar-refractivity contribution in [1.29, 1.82) is 0 Å². The number of hydrogen-bond donors (Lipinski definition) is 2. The molecule has 1 heterocycles. The SMILES string of the molecule is COCC(C)OCC(O)CNCc1ccoc1. The van der Waals surface area contributed by atoms with E-state index in [4.69, 9.17) is 13.9 Å². The average molecular weight is 243 g/mol. The third kappa shape index (κ3) is 6.43. The molecule has 0 saturated carbocycles. The van der Waals surface area contributed by atoms with Crippen molar-refractivity contribution in [3.8, 4) is 0 Å². The van der Waals surface area contributed by atoms with E-state index in [0.29, 0.717) is 26.3 Å². The van der Waals surface area contributed by atoms with Crippen LogP contribution in [0, 0.1) is 0 Å². The van der Waals surface area contributed by atoms with E-state index in [1.54, 1.807) is 19.6 Å². The Kier molecular flexibility index (Phi) is 6.88. The number of ether oxygens (including phenoxy) is 2. The fourth-order valence-corrected chi connectivity index (χ4v) is 1.39. The second-order valence-corrected chi connectivity index (χ2v) is 4.02. The van der Waals surface area contributed by atoms with Gasteiger partial charge in [0.05, 0.1) is 37.9 Å². The van der Waals surface area contributed by atoms with Gasteiger partial charge in [-0.15, -0.1) is 0 Å². The van der Waals surface area contributed by atoms with Crippen LogP contribution < -0.4 is 5.32 Å². The standard InChI is InChI=1S/C12H21NO4/c1-10(7-15-2)17-9-12(14)6-13-5-11-3-4-16-8-11/h3-4,8,10,12-14H,5-7,9H2,1-2H3. The number of aliphatic hydroxyl groups excluding tert-OH is 1. The van der Waals surface area contributed by atoms with Crippen molar-refractivity contribution in [3.05, 3.63) is 24.2 Å². The number of aliphatic hydroxyl groups is 1. The van der Waals surface area contributed by atoms with Crippen molar-refractivity contribution < 1.29 is 19.0 Å². The first kappa shape index (κ1) is 14.2. The number of rotatable bonds is 9. The molecule has 17 heavy (non-hydrogen) atoms. The highest BCUT2D eigenvalue weighted by Crippen LogP contribution is 1.99. The molecule has 2 N–H and O–H groups in total. The molecule has 1 aromatic heterocycles. The summed E-state index contributed by atoms with van der Waals surface area (Å²) in [7, 11) is 1.63. The highest BCUT2D eigenvalue weighted by molar-refractivity contribution is 5.04. The Hall–Kier alpha value is -0.880. The molecule has 1 aromatic rings. The molecular formula is C12H21NO4. The Morgan fingerprint density at radius 2 is 2.29 bits per heavy atom. The Labute approximate surface area is 102 Å². The minimum atomic E-state index is -0.513. The first-order valence-corrected chi connectivity index (χ1v) is 5.72. The van der Waals surface area contributed by atoms with Crippen molar-refractivity contribution in [2.24, 2.45) is 0 Å². The average Bonchev–Trinajstić information content (AvgIpc) is 2.80. The fourth-order valence-electron chi connectivity index (χ4n) is 1.39. The van der Waals surface area contributed by atoms with Crippen LogP contribution in [0.5, 0.6) is 0 Å². The van der Waals surface area contributed by atoms with E-state index in [1.807, 2.05) is 13.0 Å². The molecule has 2 atom stereocenters. The van der Waals surface area contributed by atoms with Gasteiger partial charge in [-0.3, -0.25) is 0 Å². The molecule has 0 amide bonds. The lowest BCUT2D eigenvalue weighted by atomic mass is 10.3. The maximum atomic E-state index is 9.64.